The van der Waals surface area contributed by atoms with Crippen LogP contribution in [0.5, 0.6) is 5.75 Å². The Labute approximate surface area is 229 Å². The largest absolute Gasteiger partial charge is 0.504 e. The molecule has 2 fully saturated rings. The first-order chi connectivity index (χ1) is 18.6. The maximum Gasteiger partial charge on any atom is 0.273 e. The minimum atomic E-state index is -1.43. The van der Waals surface area contributed by atoms with E-state index in [4.69, 9.17) is 22.4 Å². The molecule has 0 spiro atoms. The fraction of sp³-hybridized carbons (Fsp3) is 0.560. The SMILES string of the molecule is CC[C@H]1CN(c2nc(N)c(C(=O)NCCO)nc2Cl)CCN1C1CCN(Cc2c(F)cc(F)c(F)c2O)CC1. The number of aliphatic hydroxyl groups is 1. The third-order valence-electron chi connectivity index (χ3n) is 7.43. The number of carbonyl (C=O) groups is 1. The lowest BCUT2D eigenvalue weighted by molar-refractivity contribution is 0.0604. The third kappa shape index (κ3) is 6.32. The fourth-order valence-corrected chi connectivity index (χ4v) is 5.60. The van der Waals surface area contributed by atoms with Crippen LogP contribution in [-0.2, 0) is 6.54 Å². The lowest BCUT2D eigenvalue weighted by Gasteiger charge is -2.47. The van der Waals surface area contributed by atoms with Crippen molar-refractivity contribution in [1.82, 2.24) is 25.1 Å². The second-order valence-electron chi connectivity index (χ2n) is 9.79. The second-order valence-corrected chi connectivity index (χ2v) is 10.1. The molecule has 0 radical (unpaired) electrons. The topological polar surface area (TPSA) is 131 Å². The summed E-state index contributed by atoms with van der Waals surface area (Å²) in [6.07, 6.45) is 2.47. The number of aliphatic hydroxyl groups excluding tert-OH is 1. The predicted molar refractivity (Wildman–Crippen MR) is 140 cm³/mol. The van der Waals surface area contributed by atoms with Crippen molar-refractivity contribution in [2.24, 2.45) is 0 Å². The van der Waals surface area contributed by atoms with Crippen molar-refractivity contribution in [3.63, 3.8) is 0 Å². The number of phenols is 1. The van der Waals surface area contributed by atoms with Crippen molar-refractivity contribution in [3.8, 4) is 5.75 Å². The molecule has 3 heterocycles. The lowest BCUT2D eigenvalue weighted by atomic mass is 9.97. The Morgan fingerprint density at radius 2 is 1.90 bits per heavy atom. The first-order valence-corrected chi connectivity index (χ1v) is 13.3. The highest BCUT2D eigenvalue weighted by atomic mass is 35.5. The van der Waals surface area contributed by atoms with Gasteiger partial charge in [0.15, 0.2) is 34.0 Å². The number of anilines is 2. The van der Waals surface area contributed by atoms with E-state index in [1.54, 1.807) is 0 Å². The van der Waals surface area contributed by atoms with Gasteiger partial charge in [0.05, 0.1) is 6.61 Å². The van der Waals surface area contributed by atoms with E-state index in [0.717, 1.165) is 25.8 Å². The van der Waals surface area contributed by atoms with Gasteiger partial charge in [-0.3, -0.25) is 14.6 Å². The summed E-state index contributed by atoms with van der Waals surface area (Å²) in [7, 11) is 0. The Balaban J connectivity index is 1.37. The van der Waals surface area contributed by atoms with Gasteiger partial charge in [-0.25, -0.2) is 18.7 Å². The number of benzene rings is 1. The summed E-state index contributed by atoms with van der Waals surface area (Å²) in [5.41, 5.74) is 5.68. The van der Waals surface area contributed by atoms with Gasteiger partial charge in [-0.2, -0.15) is 4.39 Å². The van der Waals surface area contributed by atoms with Gasteiger partial charge in [0, 0.05) is 56.4 Å². The lowest BCUT2D eigenvalue weighted by Crippen LogP contribution is -2.58. The van der Waals surface area contributed by atoms with Crippen molar-refractivity contribution in [1.29, 1.82) is 0 Å². The maximum atomic E-state index is 14.2. The molecular weight excluding hydrogens is 539 g/mol. The Morgan fingerprint density at radius 3 is 2.56 bits per heavy atom. The highest BCUT2D eigenvalue weighted by molar-refractivity contribution is 6.32. The number of amides is 1. The van der Waals surface area contributed by atoms with E-state index in [0.29, 0.717) is 38.1 Å². The summed E-state index contributed by atoms with van der Waals surface area (Å²) >= 11 is 6.40. The standard InChI is InChI=1S/C25H33ClF3N7O3/c1-2-14-12-35(24-22(26)32-20(23(30)33-24)25(39)31-5-10-37)8-9-36(14)15-3-6-34(7-4-15)13-16-17(27)11-18(28)19(29)21(16)38/h11,14-15,37-38H,2-10,12-13H2,1H3,(H2,30,33)(H,31,39)/t14-/m0/s1. The zero-order valence-electron chi connectivity index (χ0n) is 21.6. The molecule has 214 valence electrons. The molecule has 1 amide bonds. The van der Waals surface area contributed by atoms with Crippen LogP contribution in [0.15, 0.2) is 6.07 Å². The molecule has 2 saturated heterocycles. The molecule has 2 aromatic rings. The number of nitrogens with two attached hydrogens (primary N) is 1. The molecule has 0 unspecified atom stereocenters. The van der Waals surface area contributed by atoms with Gasteiger partial charge >= 0.3 is 0 Å². The van der Waals surface area contributed by atoms with E-state index in [1.165, 1.54) is 0 Å². The van der Waals surface area contributed by atoms with Gasteiger partial charge in [0.2, 0.25) is 5.82 Å². The quantitative estimate of drug-likeness (QED) is 0.352. The van der Waals surface area contributed by atoms with E-state index in [-0.39, 0.29) is 54.0 Å². The van der Waals surface area contributed by atoms with E-state index in [2.05, 4.69) is 27.1 Å². The third-order valence-corrected chi connectivity index (χ3v) is 7.68. The molecule has 2 aliphatic heterocycles. The van der Waals surface area contributed by atoms with Crippen LogP contribution < -0.4 is 16.0 Å². The van der Waals surface area contributed by atoms with Gasteiger partial charge in [-0.15, -0.1) is 0 Å². The van der Waals surface area contributed by atoms with Crippen molar-refractivity contribution < 1.29 is 28.2 Å². The minimum Gasteiger partial charge on any atom is -0.504 e. The van der Waals surface area contributed by atoms with Crippen LogP contribution in [0.1, 0.15) is 42.2 Å². The Kier molecular flexibility index (Phi) is 9.36. The first-order valence-electron chi connectivity index (χ1n) is 12.9. The number of nitrogen functional groups attached to an aromatic ring is 1. The average Bonchev–Trinajstić information content (AvgIpc) is 2.94. The molecule has 1 aromatic carbocycles. The number of aromatic hydroxyl groups is 1. The molecule has 0 saturated carbocycles. The zero-order valence-corrected chi connectivity index (χ0v) is 22.4. The molecule has 0 aliphatic carbocycles. The van der Waals surface area contributed by atoms with Crippen LogP contribution >= 0.6 is 11.6 Å². The average molecular weight is 572 g/mol. The number of likely N-dealkylation sites (tertiary alicyclic amines) is 1. The summed E-state index contributed by atoms with van der Waals surface area (Å²) in [6, 6.07) is 0.933. The molecule has 39 heavy (non-hydrogen) atoms. The molecule has 2 aliphatic rings. The van der Waals surface area contributed by atoms with Crippen molar-refractivity contribution in [3.05, 3.63) is 39.9 Å². The summed E-state index contributed by atoms with van der Waals surface area (Å²) < 4.78 is 41.3. The number of piperidine rings is 1. The maximum absolute atomic E-state index is 14.2. The number of halogens is 4. The Bertz CT molecular complexity index is 1200. The number of rotatable bonds is 8. The normalized spacial score (nSPS) is 19.4. The van der Waals surface area contributed by atoms with Crippen LogP contribution in [-0.4, -0.2) is 93.8 Å². The molecule has 0 bridgehead atoms. The highest BCUT2D eigenvalue weighted by Gasteiger charge is 2.35. The van der Waals surface area contributed by atoms with Crippen molar-refractivity contribution >= 4 is 29.1 Å². The number of aromatic nitrogens is 2. The van der Waals surface area contributed by atoms with E-state index < -0.39 is 29.1 Å². The van der Waals surface area contributed by atoms with Gasteiger partial charge in [0.25, 0.3) is 5.91 Å². The van der Waals surface area contributed by atoms with Crippen LogP contribution in [0.25, 0.3) is 0 Å². The summed E-state index contributed by atoms with van der Waals surface area (Å²) in [6.45, 7) is 5.16. The van der Waals surface area contributed by atoms with Gasteiger partial charge in [-0.05, 0) is 32.4 Å². The zero-order chi connectivity index (χ0) is 28.3. The van der Waals surface area contributed by atoms with E-state index in [9.17, 15) is 23.1 Å². The number of nitrogens with one attached hydrogen (secondary N) is 1. The Morgan fingerprint density at radius 1 is 1.18 bits per heavy atom. The number of piperazine rings is 1. The minimum absolute atomic E-state index is 0.000814. The van der Waals surface area contributed by atoms with Crippen molar-refractivity contribution in [2.75, 3.05) is 56.5 Å². The molecule has 4 rings (SSSR count). The molecule has 1 atom stereocenters. The first kappa shape index (κ1) is 29.1. The smallest absolute Gasteiger partial charge is 0.273 e. The fourth-order valence-electron chi connectivity index (χ4n) is 5.35. The van der Waals surface area contributed by atoms with Gasteiger partial charge in [-0.1, -0.05) is 18.5 Å². The number of hydrogen-bond acceptors (Lipinski definition) is 9. The van der Waals surface area contributed by atoms with Gasteiger partial charge < -0.3 is 26.2 Å². The molecule has 1 aromatic heterocycles. The van der Waals surface area contributed by atoms with E-state index in [1.807, 2.05) is 9.80 Å². The molecule has 5 N–H and O–H groups in total. The number of nitrogens with zero attached hydrogens (tertiary/aromatic N) is 5. The van der Waals surface area contributed by atoms with Crippen LogP contribution in [0.2, 0.25) is 5.15 Å². The summed E-state index contributed by atoms with van der Waals surface area (Å²) in [5.74, 6) is -4.98. The van der Waals surface area contributed by atoms with Gasteiger partial charge in [0.1, 0.15) is 5.82 Å². The second kappa shape index (κ2) is 12.5. The summed E-state index contributed by atoms with van der Waals surface area (Å²) in [4.78, 5) is 27.1. The number of carbonyl (C=O) groups excluding carboxylic acids is 1. The molecule has 14 heteroatoms. The van der Waals surface area contributed by atoms with E-state index >= 15 is 0 Å². The monoisotopic (exact) mass is 571 g/mol. The van der Waals surface area contributed by atoms with Crippen LogP contribution in [0.3, 0.4) is 0 Å². The molecular formula is C25H33ClF3N7O3. The summed E-state index contributed by atoms with van der Waals surface area (Å²) in [5, 5.41) is 21.4. The van der Waals surface area contributed by atoms with Crippen LogP contribution in [0, 0.1) is 17.5 Å². The van der Waals surface area contributed by atoms with Crippen LogP contribution in [0.4, 0.5) is 24.8 Å². The number of phenolic OH excluding ortho intramolecular Hbond substituents is 1. The Hall–Kier alpha value is -2.87. The highest BCUT2D eigenvalue weighted by Crippen LogP contribution is 2.32. The number of hydrogen-bond donors (Lipinski definition) is 4. The van der Waals surface area contributed by atoms with Crippen molar-refractivity contribution in [2.45, 2.75) is 44.8 Å². The predicted octanol–water partition coefficient (Wildman–Crippen LogP) is 2.12. The molecule has 10 nitrogen and oxygen atoms in total.